The fourth-order valence-electron chi connectivity index (χ4n) is 1.29. The molecule has 0 atom stereocenters. The summed E-state index contributed by atoms with van der Waals surface area (Å²) in [4.78, 5) is 11.0. The molecular weight excluding hydrogens is 258 g/mol. The molecule has 0 radical (unpaired) electrons. The molecular formula is C14H13N3O3. The first-order chi connectivity index (χ1) is 9.71. The molecule has 0 aromatic heterocycles. The molecule has 0 heterocycles. The largest absolute Gasteiger partial charge is 0.493 e. The number of nitrogens with one attached hydrogen (secondary N) is 1. The number of rotatable bonds is 6. The van der Waals surface area contributed by atoms with Crippen LogP contribution in [0.1, 0.15) is 12.0 Å². The van der Waals surface area contributed by atoms with Gasteiger partial charge in [0.25, 0.3) is 5.91 Å². The van der Waals surface area contributed by atoms with Gasteiger partial charge in [-0.15, -0.1) is 6.42 Å². The summed E-state index contributed by atoms with van der Waals surface area (Å²) in [6, 6.07) is 6.83. The number of carbonyl (C=O) groups excluding carboxylic acids is 1. The molecule has 0 aliphatic carbocycles. The zero-order chi connectivity index (χ0) is 14.8. The summed E-state index contributed by atoms with van der Waals surface area (Å²) in [6.45, 7) is 0.147. The lowest BCUT2D eigenvalue weighted by Gasteiger charge is -2.08. The van der Waals surface area contributed by atoms with E-state index in [0.29, 0.717) is 17.1 Å². The number of benzene rings is 1. The minimum atomic E-state index is -0.468. The van der Waals surface area contributed by atoms with Gasteiger partial charge < -0.3 is 9.47 Å². The van der Waals surface area contributed by atoms with Crippen LogP contribution in [0.2, 0.25) is 0 Å². The molecule has 0 fully saturated rings. The molecule has 20 heavy (non-hydrogen) atoms. The Balaban J connectivity index is 2.73. The Hall–Kier alpha value is -2.99. The lowest BCUT2D eigenvalue weighted by Crippen LogP contribution is -2.16. The average molecular weight is 271 g/mol. The Labute approximate surface area is 117 Å². The van der Waals surface area contributed by atoms with E-state index in [2.05, 4.69) is 16.4 Å². The van der Waals surface area contributed by atoms with E-state index in [1.165, 1.54) is 13.3 Å². The van der Waals surface area contributed by atoms with Crippen LogP contribution in [0.25, 0.3) is 0 Å². The third-order valence-corrected chi connectivity index (χ3v) is 2.14. The number of nitriles is 1. The summed E-state index contributed by atoms with van der Waals surface area (Å²) in [5.41, 5.74) is 2.93. The van der Waals surface area contributed by atoms with Gasteiger partial charge in [0.1, 0.15) is 13.0 Å². The maximum Gasteiger partial charge on any atom is 0.254 e. The van der Waals surface area contributed by atoms with E-state index >= 15 is 0 Å². The van der Waals surface area contributed by atoms with Crippen molar-refractivity contribution in [1.82, 2.24) is 5.43 Å². The topological polar surface area (TPSA) is 83.7 Å². The van der Waals surface area contributed by atoms with Gasteiger partial charge in [0.2, 0.25) is 0 Å². The minimum absolute atomic E-state index is 0.147. The number of carbonyl (C=O) groups is 1. The molecule has 0 aliphatic heterocycles. The monoisotopic (exact) mass is 271 g/mol. The van der Waals surface area contributed by atoms with Gasteiger partial charge in [-0.3, -0.25) is 4.79 Å². The number of nitrogens with zero attached hydrogens (tertiary/aromatic N) is 2. The van der Waals surface area contributed by atoms with Gasteiger partial charge in [-0.25, -0.2) is 5.43 Å². The van der Waals surface area contributed by atoms with Crippen LogP contribution in [-0.4, -0.2) is 25.8 Å². The van der Waals surface area contributed by atoms with Crippen molar-refractivity contribution in [3.63, 3.8) is 0 Å². The van der Waals surface area contributed by atoms with Gasteiger partial charge in [0.15, 0.2) is 11.5 Å². The van der Waals surface area contributed by atoms with Crippen molar-refractivity contribution in [3.05, 3.63) is 23.8 Å². The standard InChI is InChI=1S/C14H13N3O3/c1-3-8-20-12-5-4-11(9-13(12)19-2)10-16-17-14(18)6-7-15/h1,4-5,9-10H,6,8H2,2H3,(H,17,18)/b16-10+. The van der Waals surface area contributed by atoms with Crippen molar-refractivity contribution in [2.75, 3.05) is 13.7 Å². The first-order valence-electron chi connectivity index (χ1n) is 5.64. The fourth-order valence-corrected chi connectivity index (χ4v) is 1.29. The second kappa shape index (κ2) is 8.17. The van der Waals surface area contributed by atoms with E-state index in [9.17, 15) is 4.79 Å². The summed E-state index contributed by atoms with van der Waals surface area (Å²) < 4.78 is 10.5. The van der Waals surface area contributed by atoms with Crippen LogP contribution in [0, 0.1) is 23.7 Å². The second-order valence-corrected chi connectivity index (χ2v) is 3.53. The van der Waals surface area contributed by atoms with Crippen LogP contribution in [0.4, 0.5) is 0 Å². The van der Waals surface area contributed by atoms with Crippen LogP contribution < -0.4 is 14.9 Å². The molecule has 1 aromatic carbocycles. The average Bonchev–Trinajstić information content (AvgIpc) is 2.46. The zero-order valence-electron chi connectivity index (χ0n) is 10.9. The van der Waals surface area contributed by atoms with Gasteiger partial charge in [0.05, 0.1) is 19.4 Å². The van der Waals surface area contributed by atoms with E-state index in [-0.39, 0.29) is 13.0 Å². The predicted octanol–water partition coefficient (Wildman–Crippen LogP) is 1.07. The Morgan fingerprint density at radius 3 is 3.00 bits per heavy atom. The summed E-state index contributed by atoms with van der Waals surface area (Å²) in [6.07, 6.45) is 6.31. The highest BCUT2D eigenvalue weighted by Gasteiger charge is 2.04. The van der Waals surface area contributed by atoms with Gasteiger partial charge >= 0.3 is 0 Å². The molecule has 0 spiro atoms. The van der Waals surface area contributed by atoms with Crippen LogP contribution in [-0.2, 0) is 4.79 Å². The molecule has 1 amide bonds. The quantitative estimate of drug-likeness (QED) is 0.476. The highest BCUT2D eigenvalue weighted by Crippen LogP contribution is 2.27. The second-order valence-electron chi connectivity index (χ2n) is 3.53. The Kier molecular flexibility index (Phi) is 6.16. The third kappa shape index (κ3) is 4.71. The Bertz CT molecular complexity index is 582. The van der Waals surface area contributed by atoms with Gasteiger partial charge in [-0.2, -0.15) is 10.4 Å². The first-order valence-corrected chi connectivity index (χ1v) is 5.64. The van der Waals surface area contributed by atoms with Gasteiger partial charge in [-0.1, -0.05) is 5.92 Å². The van der Waals surface area contributed by atoms with E-state index in [0.717, 1.165) is 0 Å². The maximum atomic E-state index is 11.0. The molecule has 0 aliphatic rings. The minimum Gasteiger partial charge on any atom is -0.493 e. The van der Waals surface area contributed by atoms with Crippen LogP contribution >= 0.6 is 0 Å². The molecule has 0 unspecified atom stereocenters. The lowest BCUT2D eigenvalue weighted by atomic mass is 10.2. The van der Waals surface area contributed by atoms with Crippen molar-refractivity contribution in [3.8, 4) is 29.9 Å². The van der Waals surface area contributed by atoms with Crippen molar-refractivity contribution in [2.24, 2.45) is 5.10 Å². The SMILES string of the molecule is C#CCOc1ccc(/C=N/NC(=O)CC#N)cc1OC. The lowest BCUT2D eigenvalue weighted by molar-refractivity contribution is -0.120. The van der Waals surface area contributed by atoms with E-state index in [1.807, 2.05) is 0 Å². The zero-order valence-corrected chi connectivity index (χ0v) is 10.9. The number of hydrazone groups is 1. The molecule has 0 saturated heterocycles. The fraction of sp³-hybridized carbons (Fsp3) is 0.214. The van der Waals surface area contributed by atoms with E-state index in [1.54, 1.807) is 24.3 Å². The van der Waals surface area contributed by atoms with Gasteiger partial charge in [-0.05, 0) is 23.8 Å². The van der Waals surface area contributed by atoms with Crippen molar-refractivity contribution < 1.29 is 14.3 Å². The van der Waals surface area contributed by atoms with Crippen LogP contribution in [0.3, 0.4) is 0 Å². The number of terminal acetylenes is 1. The smallest absolute Gasteiger partial charge is 0.254 e. The summed E-state index contributed by atoms with van der Waals surface area (Å²) in [7, 11) is 1.51. The molecule has 1 N–H and O–H groups in total. The molecule has 102 valence electrons. The summed E-state index contributed by atoms with van der Waals surface area (Å²) in [5.74, 6) is 2.93. The number of amides is 1. The number of hydrogen-bond donors (Lipinski definition) is 1. The third-order valence-electron chi connectivity index (χ3n) is 2.14. The Morgan fingerprint density at radius 2 is 2.35 bits per heavy atom. The predicted molar refractivity (Wildman–Crippen MR) is 73.3 cm³/mol. The molecule has 1 rings (SSSR count). The first kappa shape index (κ1) is 15.1. The molecule has 6 nitrogen and oxygen atoms in total. The van der Waals surface area contributed by atoms with Crippen molar-refractivity contribution >= 4 is 12.1 Å². The van der Waals surface area contributed by atoms with Crippen LogP contribution in [0.5, 0.6) is 11.5 Å². The Morgan fingerprint density at radius 1 is 1.55 bits per heavy atom. The van der Waals surface area contributed by atoms with Crippen molar-refractivity contribution in [2.45, 2.75) is 6.42 Å². The number of ether oxygens (including phenoxy) is 2. The van der Waals surface area contributed by atoms with Crippen LogP contribution in [0.15, 0.2) is 23.3 Å². The van der Waals surface area contributed by atoms with E-state index < -0.39 is 5.91 Å². The summed E-state index contributed by atoms with van der Waals surface area (Å²) >= 11 is 0. The maximum absolute atomic E-state index is 11.0. The number of methoxy groups -OCH3 is 1. The molecule has 0 saturated carbocycles. The summed E-state index contributed by atoms with van der Waals surface area (Å²) in [5, 5.41) is 12.0. The molecule has 6 heteroatoms. The van der Waals surface area contributed by atoms with Crippen molar-refractivity contribution in [1.29, 1.82) is 5.26 Å². The highest BCUT2D eigenvalue weighted by molar-refractivity contribution is 5.83. The number of hydrogen-bond acceptors (Lipinski definition) is 5. The molecule has 1 aromatic rings. The van der Waals surface area contributed by atoms with Gasteiger partial charge in [0, 0.05) is 0 Å². The molecule has 0 bridgehead atoms. The van der Waals surface area contributed by atoms with E-state index in [4.69, 9.17) is 21.2 Å². The normalized spacial score (nSPS) is 9.55. The highest BCUT2D eigenvalue weighted by atomic mass is 16.5.